The minimum Gasteiger partial charge on any atom is -0.536 e. The Morgan fingerprint density at radius 2 is 2.36 bits per heavy atom. The van der Waals surface area contributed by atoms with E-state index in [0.717, 1.165) is 0 Å². The Hall–Kier alpha value is -1.23. The number of aromatic nitrogens is 1. The highest BCUT2D eigenvalue weighted by atomic mass is 16.5. The lowest BCUT2D eigenvalue weighted by molar-refractivity contribution is 0.395. The summed E-state index contributed by atoms with van der Waals surface area (Å²) in [6.45, 7) is 0. The van der Waals surface area contributed by atoms with Gasteiger partial charge < -0.3 is 14.4 Å². The molecule has 11 heavy (non-hydrogen) atoms. The number of nitrogens with zero attached hydrogens (tertiary/aromatic N) is 1. The number of ether oxygens (including phenoxy) is 1. The minimum atomic E-state index is 0.466. The van der Waals surface area contributed by atoms with Crippen LogP contribution < -0.4 is 9.39 Å². The van der Waals surface area contributed by atoms with Crippen molar-refractivity contribution in [1.82, 2.24) is 4.98 Å². The van der Waals surface area contributed by atoms with Crippen molar-refractivity contribution in [3.8, 4) is 11.6 Å². The topological polar surface area (TPSA) is 51.6 Å². The van der Waals surface area contributed by atoms with E-state index >= 15 is 0 Å². The molecule has 0 saturated heterocycles. The fourth-order valence-corrected chi connectivity index (χ4v) is 0.618. The maximum absolute atomic E-state index is 8.24. The van der Waals surface area contributed by atoms with Crippen LogP contribution in [0.2, 0.25) is 0 Å². The number of hydrogen-bond donors (Lipinski definition) is 1. The van der Waals surface area contributed by atoms with Crippen molar-refractivity contribution >= 4 is 7.69 Å². The summed E-state index contributed by atoms with van der Waals surface area (Å²) < 4.78 is 9.43. The molecule has 0 aromatic carbocycles. The first kappa shape index (κ1) is 7.88. The van der Waals surface area contributed by atoms with Gasteiger partial charge in [0.1, 0.15) is 5.75 Å². The summed E-state index contributed by atoms with van der Waals surface area (Å²) in [5, 5.41) is 8.24. The van der Waals surface area contributed by atoms with E-state index in [1.807, 2.05) is 0 Å². The smallest absolute Gasteiger partial charge is 0.536 e. The van der Waals surface area contributed by atoms with E-state index in [4.69, 9.17) is 9.76 Å². The normalized spacial score (nSPS) is 8.91. The fourth-order valence-electron chi connectivity index (χ4n) is 0.618. The second kappa shape index (κ2) is 3.83. The van der Waals surface area contributed by atoms with Crippen LogP contribution in [0.3, 0.4) is 0 Å². The van der Waals surface area contributed by atoms with Gasteiger partial charge >= 0.3 is 7.69 Å². The second-order valence-corrected chi connectivity index (χ2v) is 1.76. The van der Waals surface area contributed by atoms with Crippen LogP contribution in [-0.4, -0.2) is 24.8 Å². The highest BCUT2D eigenvalue weighted by Crippen LogP contribution is 2.11. The molecular formula is C6H7BNO3. The van der Waals surface area contributed by atoms with E-state index in [1.165, 1.54) is 13.3 Å². The van der Waals surface area contributed by atoms with Gasteiger partial charge in [0.15, 0.2) is 0 Å². The summed E-state index contributed by atoms with van der Waals surface area (Å²) in [4.78, 5) is 3.84. The largest absolute Gasteiger partial charge is 0.569 e. The quantitative estimate of drug-likeness (QED) is 0.619. The summed E-state index contributed by atoms with van der Waals surface area (Å²) in [6.07, 6.45) is 1.45. The molecule has 0 aliphatic rings. The number of pyridine rings is 1. The van der Waals surface area contributed by atoms with Gasteiger partial charge in [0.05, 0.1) is 13.3 Å². The average Bonchev–Trinajstić information content (AvgIpc) is 2.07. The Labute approximate surface area is 65.1 Å². The van der Waals surface area contributed by atoms with Gasteiger partial charge in [0.2, 0.25) is 5.88 Å². The first-order chi connectivity index (χ1) is 5.36. The van der Waals surface area contributed by atoms with Crippen LogP contribution in [0.1, 0.15) is 0 Å². The molecule has 57 valence electrons. The van der Waals surface area contributed by atoms with Crippen LogP contribution in [0.5, 0.6) is 11.6 Å². The van der Waals surface area contributed by atoms with Crippen molar-refractivity contribution in [2.24, 2.45) is 0 Å². The van der Waals surface area contributed by atoms with Gasteiger partial charge in [0, 0.05) is 6.07 Å². The SMILES string of the molecule is COc1ccc(O[B]O)cn1. The summed E-state index contributed by atoms with van der Waals surface area (Å²) in [5.41, 5.74) is 0. The molecule has 1 heterocycles. The third-order valence-electron chi connectivity index (χ3n) is 1.11. The first-order valence-corrected chi connectivity index (χ1v) is 2.99. The van der Waals surface area contributed by atoms with Crippen LogP contribution in [0.15, 0.2) is 18.3 Å². The lowest BCUT2D eigenvalue weighted by Gasteiger charge is -2.00. The zero-order chi connectivity index (χ0) is 8.10. The van der Waals surface area contributed by atoms with E-state index in [1.54, 1.807) is 12.1 Å². The molecule has 5 heteroatoms. The monoisotopic (exact) mass is 152 g/mol. The molecule has 1 radical (unpaired) electrons. The molecular weight excluding hydrogens is 145 g/mol. The van der Waals surface area contributed by atoms with E-state index in [-0.39, 0.29) is 0 Å². The highest BCUT2D eigenvalue weighted by Gasteiger charge is 1.95. The zero-order valence-corrected chi connectivity index (χ0v) is 6.02. The van der Waals surface area contributed by atoms with E-state index in [2.05, 4.69) is 9.64 Å². The Morgan fingerprint density at radius 1 is 1.55 bits per heavy atom. The van der Waals surface area contributed by atoms with Crippen LogP contribution in [-0.2, 0) is 0 Å². The standard InChI is InChI=1S/C6H7BNO3/c1-10-6-3-2-5(4-8-6)11-7-9/h2-4,9H,1H3. The summed E-state index contributed by atoms with van der Waals surface area (Å²) in [7, 11) is 2.13. The van der Waals surface area contributed by atoms with Gasteiger partial charge in [-0.2, -0.15) is 0 Å². The molecule has 0 unspecified atom stereocenters. The van der Waals surface area contributed by atoms with Gasteiger partial charge in [0.25, 0.3) is 0 Å². The maximum atomic E-state index is 8.24. The predicted molar refractivity (Wildman–Crippen MR) is 39.4 cm³/mol. The van der Waals surface area contributed by atoms with Crippen molar-refractivity contribution < 1.29 is 14.4 Å². The van der Waals surface area contributed by atoms with Crippen LogP contribution >= 0.6 is 0 Å². The molecule has 0 aliphatic heterocycles. The lowest BCUT2D eigenvalue weighted by Crippen LogP contribution is -2.00. The molecule has 0 spiro atoms. The maximum Gasteiger partial charge on any atom is 0.569 e. The molecule has 0 saturated carbocycles. The molecule has 1 aromatic rings. The van der Waals surface area contributed by atoms with Gasteiger partial charge in [-0.25, -0.2) is 4.98 Å². The Bertz CT molecular complexity index is 214. The van der Waals surface area contributed by atoms with Gasteiger partial charge in [-0.1, -0.05) is 0 Å². The predicted octanol–water partition coefficient (Wildman–Crippen LogP) is -0.00450. The minimum absolute atomic E-state index is 0.466. The van der Waals surface area contributed by atoms with E-state index < -0.39 is 0 Å². The zero-order valence-electron chi connectivity index (χ0n) is 6.02. The molecule has 0 bridgehead atoms. The van der Waals surface area contributed by atoms with Crippen molar-refractivity contribution in [2.45, 2.75) is 0 Å². The van der Waals surface area contributed by atoms with Crippen molar-refractivity contribution in [2.75, 3.05) is 7.11 Å². The second-order valence-electron chi connectivity index (χ2n) is 1.76. The summed E-state index contributed by atoms with van der Waals surface area (Å²) in [5.74, 6) is 0.976. The number of methoxy groups -OCH3 is 1. The Balaban J connectivity index is 2.66. The molecule has 1 aromatic heterocycles. The van der Waals surface area contributed by atoms with Gasteiger partial charge in [-0.05, 0) is 6.07 Å². The molecule has 0 amide bonds. The van der Waals surface area contributed by atoms with Crippen molar-refractivity contribution in [3.63, 3.8) is 0 Å². The van der Waals surface area contributed by atoms with Crippen LogP contribution in [0, 0.1) is 0 Å². The number of hydrogen-bond acceptors (Lipinski definition) is 4. The van der Waals surface area contributed by atoms with Gasteiger partial charge in [-0.15, -0.1) is 0 Å². The Morgan fingerprint density at radius 3 is 2.82 bits per heavy atom. The Kier molecular flexibility index (Phi) is 2.74. The van der Waals surface area contributed by atoms with Crippen molar-refractivity contribution in [1.29, 1.82) is 0 Å². The summed E-state index contributed by atoms with van der Waals surface area (Å²) >= 11 is 0. The first-order valence-electron chi connectivity index (χ1n) is 2.99. The molecule has 4 nitrogen and oxygen atoms in total. The van der Waals surface area contributed by atoms with E-state index in [0.29, 0.717) is 19.3 Å². The summed E-state index contributed by atoms with van der Waals surface area (Å²) in [6, 6.07) is 3.28. The molecule has 0 atom stereocenters. The highest BCUT2D eigenvalue weighted by molar-refractivity contribution is 6.17. The van der Waals surface area contributed by atoms with Crippen LogP contribution in [0.4, 0.5) is 0 Å². The molecule has 0 fully saturated rings. The van der Waals surface area contributed by atoms with Crippen LogP contribution in [0.25, 0.3) is 0 Å². The molecule has 1 N–H and O–H groups in total. The van der Waals surface area contributed by atoms with E-state index in [9.17, 15) is 0 Å². The third kappa shape index (κ3) is 2.12. The van der Waals surface area contributed by atoms with Crippen molar-refractivity contribution in [3.05, 3.63) is 18.3 Å². The molecule has 1 rings (SSSR count). The number of rotatable bonds is 3. The molecule has 0 aliphatic carbocycles. The lowest BCUT2D eigenvalue weighted by atomic mass is 10.4. The fraction of sp³-hybridized carbons (Fsp3) is 0.167. The average molecular weight is 152 g/mol. The third-order valence-corrected chi connectivity index (χ3v) is 1.11. The van der Waals surface area contributed by atoms with Gasteiger partial charge in [-0.3, -0.25) is 0 Å².